The van der Waals surface area contributed by atoms with Crippen LogP contribution in [0.1, 0.15) is 35.7 Å². The minimum absolute atomic E-state index is 0.0694. The van der Waals surface area contributed by atoms with E-state index in [9.17, 15) is 9.59 Å². The maximum Gasteiger partial charge on any atom is 0.349 e. The van der Waals surface area contributed by atoms with E-state index < -0.39 is 5.63 Å². The molecule has 1 saturated heterocycles. The Morgan fingerprint density at radius 1 is 1.13 bits per heavy atom. The standard InChI is InChI=1S/C25H27ClN2O3/c1-18-10-12-27(13-11-18)14-15-28(17-19-6-8-21(26)9-7-19)24(29)22-16-20-4-2-3-5-23(20)31-25(22)30/h2-9,16,18H,10-15,17H2,1H3. The van der Waals surface area contributed by atoms with Crippen molar-refractivity contribution in [2.24, 2.45) is 5.92 Å². The van der Waals surface area contributed by atoms with E-state index in [4.69, 9.17) is 16.0 Å². The van der Waals surface area contributed by atoms with Gasteiger partial charge in [-0.15, -0.1) is 0 Å². The summed E-state index contributed by atoms with van der Waals surface area (Å²) >= 11 is 6.02. The number of carbonyl (C=O) groups is 1. The van der Waals surface area contributed by atoms with Crippen molar-refractivity contribution in [1.82, 2.24) is 9.80 Å². The first-order valence-electron chi connectivity index (χ1n) is 10.8. The Morgan fingerprint density at radius 3 is 2.58 bits per heavy atom. The number of rotatable bonds is 6. The maximum atomic E-state index is 13.4. The summed E-state index contributed by atoms with van der Waals surface area (Å²) in [7, 11) is 0. The van der Waals surface area contributed by atoms with Gasteiger partial charge in [0.1, 0.15) is 11.1 Å². The van der Waals surface area contributed by atoms with Crippen LogP contribution in [0.25, 0.3) is 11.0 Å². The topological polar surface area (TPSA) is 53.8 Å². The SMILES string of the molecule is CC1CCN(CCN(Cc2ccc(Cl)cc2)C(=O)c2cc3ccccc3oc2=O)CC1. The number of halogens is 1. The molecular formula is C25H27ClN2O3. The Morgan fingerprint density at radius 2 is 1.84 bits per heavy atom. The van der Waals surface area contributed by atoms with E-state index >= 15 is 0 Å². The Kier molecular flexibility index (Phi) is 6.73. The van der Waals surface area contributed by atoms with Crippen molar-refractivity contribution in [3.63, 3.8) is 0 Å². The molecule has 1 aromatic heterocycles. The molecule has 0 atom stereocenters. The van der Waals surface area contributed by atoms with Crippen LogP contribution >= 0.6 is 11.6 Å². The number of benzene rings is 2. The lowest BCUT2D eigenvalue weighted by Gasteiger charge is -2.32. The highest BCUT2D eigenvalue weighted by Gasteiger charge is 2.23. The van der Waals surface area contributed by atoms with Crippen molar-refractivity contribution in [3.8, 4) is 0 Å². The van der Waals surface area contributed by atoms with Crippen molar-refractivity contribution in [1.29, 1.82) is 0 Å². The quantitative estimate of drug-likeness (QED) is 0.518. The molecule has 1 amide bonds. The van der Waals surface area contributed by atoms with Crippen molar-refractivity contribution in [2.45, 2.75) is 26.3 Å². The lowest BCUT2D eigenvalue weighted by Crippen LogP contribution is -2.42. The average Bonchev–Trinajstić information content (AvgIpc) is 2.78. The van der Waals surface area contributed by atoms with Gasteiger partial charge >= 0.3 is 5.63 Å². The first-order valence-corrected chi connectivity index (χ1v) is 11.2. The van der Waals surface area contributed by atoms with Gasteiger partial charge in [0.05, 0.1) is 0 Å². The van der Waals surface area contributed by atoms with Crippen molar-refractivity contribution in [3.05, 3.63) is 81.2 Å². The minimum atomic E-state index is -0.600. The molecular weight excluding hydrogens is 412 g/mol. The molecule has 0 spiro atoms. The molecule has 4 rings (SSSR count). The molecule has 162 valence electrons. The van der Waals surface area contributed by atoms with Gasteiger partial charge in [0.15, 0.2) is 0 Å². The number of likely N-dealkylation sites (tertiary alicyclic amines) is 1. The van der Waals surface area contributed by atoms with Gasteiger partial charge < -0.3 is 14.2 Å². The second-order valence-electron chi connectivity index (χ2n) is 8.36. The molecule has 2 heterocycles. The molecule has 0 N–H and O–H groups in total. The Labute approximate surface area is 187 Å². The molecule has 0 aliphatic carbocycles. The minimum Gasteiger partial charge on any atom is -0.422 e. The van der Waals surface area contributed by atoms with E-state index in [1.807, 2.05) is 36.4 Å². The van der Waals surface area contributed by atoms with Gasteiger partial charge in [0.2, 0.25) is 0 Å². The molecule has 0 unspecified atom stereocenters. The van der Waals surface area contributed by atoms with Crippen LogP contribution in [0.15, 0.2) is 63.8 Å². The van der Waals surface area contributed by atoms with Gasteiger partial charge in [-0.3, -0.25) is 4.79 Å². The summed E-state index contributed by atoms with van der Waals surface area (Å²) in [6, 6.07) is 16.3. The first kappa shape index (κ1) is 21.6. The third kappa shape index (κ3) is 5.35. The third-order valence-electron chi connectivity index (χ3n) is 6.01. The molecule has 1 aliphatic heterocycles. The third-order valence-corrected chi connectivity index (χ3v) is 6.26. The highest BCUT2D eigenvalue weighted by Crippen LogP contribution is 2.18. The zero-order valence-corrected chi connectivity index (χ0v) is 18.5. The fourth-order valence-electron chi connectivity index (χ4n) is 3.99. The van der Waals surface area contributed by atoms with Crippen LogP contribution in [0.4, 0.5) is 0 Å². The lowest BCUT2D eigenvalue weighted by atomic mass is 9.99. The number of para-hydroxylation sites is 1. The fourth-order valence-corrected chi connectivity index (χ4v) is 4.12. The molecule has 0 radical (unpaired) electrons. The Hall–Kier alpha value is -2.63. The van der Waals surface area contributed by atoms with Crippen LogP contribution in [-0.2, 0) is 6.54 Å². The highest BCUT2D eigenvalue weighted by atomic mass is 35.5. The second-order valence-corrected chi connectivity index (χ2v) is 8.80. The van der Waals surface area contributed by atoms with Crippen molar-refractivity contribution >= 4 is 28.5 Å². The predicted octanol–water partition coefficient (Wildman–Crippen LogP) is 4.82. The largest absolute Gasteiger partial charge is 0.422 e. The zero-order valence-electron chi connectivity index (χ0n) is 17.7. The lowest BCUT2D eigenvalue weighted by molar-refractivity contribution is 0.0705. The average molecular weight is 439 g/mol. The van der Waals surface area contributed by atoms with Crippen LogP contribution in [0.3, 0.4) is 0 Å². The molecule has 5 nitrogen and oxygen atoms in total. The Balaban J connectivity index is 1.57. The van der Waals surface area contributed by atoms with Crippen molar-refractivity contribution < 1.29 is 9.21 Å². The summed E-state index contributed by atoms with van der Waals surface area (Å²) in [5, 5.41) is 1.39. The number of nitrogens with zero attached hydrogens (tertiary/aromatic N) is 2. The van der Waals surface area contributed by atoms with Crippen LogP contribution in [-0.4, -0.2) is 41.9 Å². The summed E-state index contributed by atoms with van der Waals surface area (Å²) < 4.78 is 5.41. The second kappa shape index (κ2) is 9.67. The van der Waals surface area contributed by atoms with Crippen molar-refractivity contribution in [2.75, 3.05) is 26.2 Å². The monoisotopic (exact) mass is 438 g/mol. The number of hydrogen-bond acceptors (Lipinski definition) is 4. The van der Waals surface area contributed by atoms with E-state index in [2.05, 4.69) is 11.8 Å². The summed E-state index contributed by atoms with van der Waals surface area (Å²) in [5.74, 6) is 0.449. The predicted molar refractivity (Wildman–Crippen MR) is 124 cm³/mol. The zero-order chi connectivity index (χ0) is 21.8. The van der Waals surface area contributed by atoms with Crippen LogP contribution in [0, 0.1) is 5.92 Å². The Bertz CT molecular complexity index is 1100. The van der Waals surface area contributed by atoms with E-state index in [-0.39, 0.29) is 11.5 Å². The van der Waals surface area contributed by atoms with Crippen LogP contribution < -0.4 is 5.63 Å². The molecule has 3 aromatic rings. The van der Waals surface area contributed by atoms with Gasteiger partial charge in [-0.2, -0.15) is 0 Å². The van der Waals surface area contributed by atoms with Crippen LogP contribution in [0.2, 0.25) is 5.02 Å². The van der Waals surface area contributed by atoms with E-state index in [1.54, 1.807) is 23.1 Å². The normalized spacial score (nSPS) is 15.3. The summed E-state index contributed by atoms with van der Waals surface area (Å²) in [6.07, 6.45) is 2.36. The van der Waals surface area contributed by atoms with Gasteiger partial charge in [-0.25, -0.2) is 4.79 Å². The van der Waals surface area contributed by atoms with Gasteiger partial charge in [0.25, 0.3) is 5.91 Å². The number of amides is 1. The molecule has 0 bridgehead atoms. The molecule has 2 aromatic carbocycles. The molecule has 0 saturated carbocycles. The first-order chi connectivity index (χ1) is 15.0. The number of piperidine rings is 1. The smallest absolute Gasteiger partial charge is 0.349 e. The van der Waals surface area contributed by atoms with Crippen LogP contribution in [0.5, 0.6) is 0 Å². The highest BCUT2D eigenvalue weighted by molar-refractivity contribution is 6.30. The number of hydrogen-bond donors (Lipinski definition) is 0. The molecule has 1 fully saturated rings. The summed E-state index contributed by atoms with van der Waals surface area (Å²) in [5.41, 5.74) is 0.919. The van der Waals surface area contributed by atoms with E-state index in [1.165, 1.54) is 12.8 Å². The molecule has 6 heteroatoms. The maximum absolute atomic E-state index is 13.4. The van der Waals surface area contributed by atoms with E-state index in [0.717, 1.165) is 36.5 Å². The number of carbonyl (C=O) groups excluding carboxylic acids is 1. The summed E-state index contributed by atoms with van der Waals surface area (Å²) in [6.45, 7) is 6.11. The summed E-state index contributed by atoms with van der Waals surface area (Å²) in [4.78, 5) is 30.1. The van der Waals surface area contributed by atoms with Gasteiger partial charge in [0, 0.05) is 30.0 Å². The van der Waals surface area contributed by atoms with E-state index in [0.29, 0.717) is 23.7 Å². The van der Waals surface area contributed by atoms with Gasteiger partial charge in [-0.1, -0.05) is 48.9 Å². The molecule has 31 heavy (non-hydrogen) atoms. The molecule has 1 aliphatic rings. The van der Waals surface area contributed by atoms with Gasteiger partial charge in [-0.05, 0) is 61.7 Å². The number of fused-ring (bicyclic) bond motifs is 1. The fraction of sp³-hybridized carbons (Fsp3) is 0.360.